The summed E-state index contributed by atoms with van der Waals surface area (Å²) in [6.45, 7) is 0. The third kappa shape index (κ3) is 2.64. The standard InChI is InChI=1S/C8F16/c9-1(10)3(13,14)5(17,18)7(21,22)8(23,24)6(19,20)4(15,16)2(11)12. The van der Waals surface area contributed by atoms with E-state index in [1.807, 2.05) is 0 Å². The van der Waals surface area contributed by atoms with E-state index in [4.69, 9.17) is 0 Å². The smallest absolute Gasteiger partial charge is 0.192 e. The van der Waals surface area contributed by atoms with Gasteiger partial charge in [0.25, 0.3) is 0 Å². The molecule has 0 saturated carbocycles. The monoisotopic (exact) mass is 400 g/mol. The first-order chi connectivity index (χ1) is 10.1. The molecule has 24 heavy (non-hydrogen) atoms. The van der Waals surface area contributed by atoms with Gasteiger partial charge in [-0.25, -0.2) is 0 Å². The normalized spacial score (nSPS) is 16.2. The van der Waals surface area contributed by atoms with Crippen LogP contribution in [0.15, 0.2) is 0 Å². The molecule has 0 amide bonds. The summed E-state index contributed by atoms with van der Waals surface area (Å²) in [5.74, 6) is -47.7. The van der Waals surface area contributed by atoms with E-state index >= 15 is 0 Å². The number of halogens is 16. The second-order valence-electron chi connectivity index (χ2n) is 3.97. The topological polar surface area (TPSA) is 0 Å². The largest absolute Gasteiger partial charge is 0.385 e. The Morgan fingerprint density at radius 3 is 0.625 bits per heavy atom. The lowest BCUT2D eigenvalue weighted by atomic mass is 9.91. The van der Waals surface area contributed by atoms with Crippen molar-refractivity contribution in [1.29, 1.82) is 0 Å². The average Bonchev–Trinajstić information content (AvgIpc) is 2.36. The van der Waals surface area contributed by atoms with Crippen LogP contribution in [-0.2, 0) is 0 Å². The van der Waals surface area contributed by atoms with Crippen LogP contribution in [0, 0.1) is 12.9 Å². The molecule has 0 aromatic rings. The summed E-state index contributed by atoms with van der Waals surface area (Å²) in [5.41, 5.74) is 0. The minimum Gasteiger partial charge on any atom is -0.192 e. The van der Waals surface area contributed by atoms with E-state index in [9.17, 15) is 70.2 Å². The van der Waals surface area contributed by atoms with Crippen LogP contribution in [0.1, 0.15) is 0 Å². The van der Waals surface area contributed by atoms with E-state index in [1.165, 1.54) is 0 Å². The van der Waals surface area contributed by atoms with Crippen LogP contribution in [-0.4, -0.2) is 35.5 Å². The Kier molecular flexibility index (Phi) is 5.44. The third-order valence-electron chi connectivity index (χ3n) is 2.45. The summed E-state index contributed by atoms with van der Waals surface area (Å²) in [4.78, 5) is 0. The number of hydrogen-bond acceptors (Lipinski definition) is 0. The highest BCUT2D eigenvalue weighted by Crippen LogP contribution is 2.62. The van der Waals surface area contributed by atoms with Gasteiger partial charge in [0, 0.05) is 0 Å². The lowest BCUT2D eigenvalue weighted by Gasteiger charge is -2.40. The van der Waals surface area contributed by atoms with Crippen molar-refractivity contribution < 1.29 is 70.2 Å². The first kappa shape index (κ1) is 22.9. The Hall–Kier alpha value is -1.12. The molecule has 0 saturated heterocycles. The molecular weight excluding hydrogens is 400 g/mol. The zero-order valence-corrected chi connectivity index (χ0v) is 10.0. The fourth-order valence-corrected chi connectivity index (χ4v) is 1.03. The third-order valence-corrected chi connectivity index (χ3v) is 2.45. The van der Waals surface area contributed by atoms with Gasteiger partial charge in [0.2, 0.25) is 0 Å². The molecule has 0 heterocycles. The number of hydrogen-bond donors (Lipinski definition) is 0. The highest BCUT2D eigenvalue weighted by Gasteiger charge is 2.92. The van der Waals surface area contributed by atoms with Gasteiger partial charge in [0.05, 0.1) is 0 Å². The van der Waals surface area contributed by atoms with E-state index in [0.29, 0.717) is 0 Å². The molecule has 0 fully saturated rings. The van der Waals surface area contributed by atoms with Crippen molar-refractivity contribution >= 4 is 0 Å². The lowest BCUT2D eigenvalue weighted by molar-refractivity contribution is -0.428. The van der Waals surface area contributed by atoms with E-state index in [0.717, 1.165) is 0 Å². The maximum absolute atomic E-state index is 12.7. The molecule has 0 aliphatic heterocycles. The van der Waals surface area contributed by atoms with E-state index < -0.39 is 48.4 Å². The van der Waals surface area contributed by atoms with Crippen LogP contribution in [0.25, 0.3) is 0 Å². The first-order valence-corrected chi connectivity index (χ1v) is 4.77. The molecule has 144 valence electrons. The van der Waals surface area contributed by atoms with E-state index in [1.54, 1.807) is 0 Å². The van der Waals surface area contributed by atoms with E-state index in [2.05, 4.69) is 0 Å². The Morgan fingerprint density at radius 2 is 0.500 bits per heavy atom. The maximum Gasteiger partial charge on any atom is 0.385 e. The zero-order valence-electron chi connectivity index (χ0n) is 10.0. The SMILES string of the molecule is F[C](F)C(F)(F)C(F)(F)C(F)(F)C(F)(F)C(F)(F)C(F)(F)[C](F)F. The molecule has 0 spiro atoms. The van der Waals surface area contributed by atoms with Gasteiger partial charge < -0.3 is 0 Å². The molecule has 16 heteroatoms. The van der Waals surface area contributed by atoms with Crippen LogP contribution in [0.2, 0.25) is 0 Å². The molecule has 0 aromatic heterocycles. The van der Waals surface area contributed by atoms with Crippen LogP contribution < -0.4 is 0 Å². The minimum absolute atomic E-state index is 4.96. The van der Waals surface area contributed by atoms with Gasteiger partial charge in [-0.1, -0.05) is 0 Å². The molecular formula is C8F16. The molecule has 2 radical (unpaired) electrons. The minimum atomic E-state index is -8.31. The Balaban J connectivity index is 6.38. The predicted octanol–water partition coefficient (Wildman–Crippen LogP) is 5.66. The van der Waals surface area contributed by atoms with Gasteiger partial charge in [0.15, 0.2) is 0 Å². The van der Waals surface area contributed by atoms with Gasteiger partial charge in [-0.2, -0.15) is 70.2 Å². The van der Waals surface area contributed by atoms with Gasteiger partial charge >= 0.3 is 48.4 Å². The predicted molar refractivity (Wildman–Crippen MR) is 40.6 cm³/mol. The molecule has 0 aromatic carbocycles. The quantitative estimate of drug-likeness (QED) is 0.485. The fourth-order valence-electron chi connectivity index (χ4n) is 1.03. The summed E-state index contributed by atoms with van der Waals surface area (Å²) in [6, 6.07) is 0. The van der Waals surface area contributed by atoms with Crippen LogP contribution in [0.5, 0.6) is 0 Å². The number of alkyl halides is 12. The summed E-state index contributed by atoms with van der Waals surface area (Å²) in [5, 5.41) is 0. The molecule has 0 bridgehead atoms. The second kappa shape index (κ2) is 5.71. The van der Waals surface area contributed by atoms with Crippen molar-refractivity contribution in [3.8, 4) is 0 Å². The van der Waals surface area contributed by atoms with E-state index in [-0.39, 0.29) is 0 Å². The highest BCUT2D eigenvalue weighted by molar-refractivity contribution is 5.16. The summed E-state index contributed by atoms with van der Waals surface area (Å²) < 4.78 is 196. The van der Waals surface area contributed by atoms with Crippen molar-refractivity contribution in [2.24, 2.45) is 0 Å². The van der Waals surface area contributed by atoms with Gasteiger partial charge in [-0.05, 0) is 0 Å². The molecule has 0 atom stereocenters. The molecule has 0 rings (SSSR count). The molecule has 0 aliphatic carbocycles. The van der Waals surface area contributed by atoms with Crippen molar-refractivity contribution in [2.45, 2.75) is 35.5 Å². The number of rotatable bonds is 7. The molecule has 0 aliphatic rings. The average molecular weight is 400 g/mol. The van der Waals surface area contributed by atoms with Crippen molar-refractivity contribution in [1.82, 2.24) is 0 Å². The van der Waals surface area contributed by atoms with Crippen molar-refractivity contribution in [2.75, 3.05) is 0 Å². The summed E-state index contributed by atoms with van der Waals surface area (Å²) in [7, 11) is 0. The summed E-state index contributed by atoms with van der Waals surface area (Å²) in [6.07, 6.45) is -9.91. The second-order valence-corrected chi connectivity index (χ2v) is 3.97. The first-order valence-electron chi connectivity index (χ1n) is 4.77. The highest BCUT2D eigenvalue weighted by atomic mass is 19.4. The summed E-state index contributed by atoms with van der Waals surface area (Å²) >= 11 is 0. The van der Waals surface area contributed by atoms with Crippen LogP contribution >= 0.6 is 0 Å². The van der Waals surface area contributed by atoms with Gasteiger partial charge in [-0.15, -0.1) is 0 Å². The molecule has 0 nitrogen and oxygen atoms in total. The Bertz CT molecular complexity index is 405. The Labute approximate surface area is 120 Å². The van der Waals surface area contributed by atoms with Gasteiger partial charge in [-0.3, -0.25) is 0 Å². The van der Waals surface area contributed by atoms with Crippen molar-refractivity contribution in [3.63, 3.8) is 0 Å². The van der Waals surface area contributed by atoms with Crippen LogP contribution in [0.4, 0.5) is 70.2 Å². The lowest BCUT2D eigenvalue weighted by Crippen LogP contribution is -2.71. The molecule has 0 N–H and O–H groups in total. The Morgan fingerprint density at radius 1 is 0.333 bits per heavy atom. The van der Waals surface area contributed by atoms with Gasteiger partial charge in [0.1, 0.15) is 0 Å². The van der Waals surface area contributed by atoms with Crippen LogP contribution in [0.3, 0.4) is 0 Å². The van der Waals surface area contributed by atoms with Crippen molar-refractivity contribution in [3.05, 3.63) is 12.9 Å². The maximum atomic E-state index is 12.7. The molecule has 0 unspecified atom stereocenters. The zero-order chi connectivity index (χ0) is 20.2. The fraction of sp³-hybridized carbons (Fsp3) is 0.750.